The zero-order chi connectivity index (χ0) is 19.1. The van der Waals surface area contributed by atoms with Gasteiger partial charge < -0.3 is 9.15 Å². The predicted molar refractivity (Wildman–Crippen MR) is 116 cm³/mol. The number of nitriles is 1. The van der Waals surface area contributed by atoms with Gasteiger partial charge in [-0.05, 0) is 64.7 Å². The van der Waals surface area contributed by atoms with Crippen molar-refractivity contribution in [3.05, 3.63) is 65.7 Å². The molecule has 2 heterocycles. The second kappa shape index (κ2) is 7.19. The Morgan fingerprint density at radius 3 is 3.04 bits per heavy atom. The molecule has 6 nitrogen and oxygen atoms in total. The lowest BCUT2D eigenvalue weighted by atomic mass is 10.0. The Balaban J connectivity index is 1.56. The number of fused-ring (bicyclic) bond motifs is 2. The van der Waals surface area contributed by atoms with Crippen LogP contribution in [0.4, 0.5) is 0 Å². The Morgan fingerprint density at radius 2 is 2.25 bits per heavy atom. The van der Waals surface area contributed by atoms with Gasteiger partial charge in [0.1, 0.15) is 17.5 Å². The summed E-state index contributed by atoms with van der Waals surface area (Å²) in [6.07, 6.45) is 5.23. The fourth-order valence-corrected chi connectivity index (χ4v) is 5.30. The van der Waals surface area contributed by atoms with E-state index in [0.717, 1.165) is 40.8 Å². The second-order valence-corrected chi connectivity index (χ2v) is 8.56. The first-order valence-electron chi connectivity index (χ1n) is 8.75. The number of hydrogen-bond donors (Lipinski definition) is 0. The number of benzene rings is 2. The summed E-state index contributed by atoms with van der Waals surface area (Å²) in [6.45, 7) is 0. The minimum atomic E-state index is -0.112. The van der Waals surface area contributed by atoms with E-state index in [1.807, 2.05) is 34.8 Å². The third-order valence-corrected chi connectivity index (χ3v) is 6.86. The molecule has 8 heteroatoms. The van der Waals surface area contributed by atoms with Gasteiger partial charge in [0.05, 0.1) is 29.7 Å². The molecule has 2 aromatic carbocycles. The van der Waals surface area contributed by atoms with Crippen LogP contribution in [0, 0.1) is 11.3 Å². The van der Waals surface area contributed by atoms with E-state index in [0.29, 0.717) is 17.7 Å². The van der Waals surface area contributed by atoms with Crippen molar-refractivity contribution >= 4 is 39.3 Å². The van der Waals surface area contributed by atoms with Gasteiger partial charge in [-0.3, -0.25) is 0 Å². The lowest BCUT2D eigenvalue weighted by molar-refractivity contribution is 0.207. The highest BCUT2D eigenvalue weighted by Gasteiger charge is 2.27. The largest absolute Gasteiger partial charge is 0.486 e. The molecule has 2 unspecified atom stereocenters. The van der Waals surface area contributed by atoms with Crippen LogP contribution in [0.25, 0.3) is 22.4 Å². The van der Waals surface area contributed by atoms with Gasteiger partial charge in [-0.2, -0.15) is 10.4 Å². The maximum Gasteiger partial charge on any atom is 0.181 e. The van der Waals surface area contributed by atoms with E-state index < -0.39 is 0 Å². The Labute approximate surface area is 175 Å². The maximum absolute atomic E-state index is 9.47. The second-order valence-electron chi connectivity index (χ2n) is 6.52. The van der Waals surface area contributed by atoms with Gasteiger partial charge >= 0.3 is 0 Å². The zero-order valence-corrected chi connectivity index (χ0v) is 17.8. The third-order valence-electron chi connectivity index (χ3n) is 4.99. The van der Waals surface area contributed by atoms with Crippen LogP contribution in [0.2, 0.25) is 0 Å². The van der Waals surface area contributed by atoms with Crippen molar-refractivity contribution in [1.29, 1.82) is 5.26 Å². The number of aromatic nitrogens is 3. The smallest absolute Gasteiger partial charge is 0.181 e. The molecule has 2 aromatic heterocycles. The Hall–Kier alpha value is -2.43. The van der Waals surface area contributed by atoms with Crippen molar-refractivity contribution in [3.63, 3.8) is 0 Å². The van der Waals surface area contributed by atoms with Crippen LogP contribution in [-0.4, -0.2) is 14.5 Å². The van der Waals surface area contributed by atoms with Gasteiger partial charge in [-0.15, -0.1) is 0 Å². The van der Waals surface area contributed by atoms with E-state index in [2.05, 4.69) is 44.3 Å². The summed E-state index contributed by atoms with van der Waals surface area (Å²) in [5, 5.41) is 15.1. The average molecular weight is 500 g/mol. The molecule has 0 aliphatic heterocycles. The SMILES string of the molecule is N#Cc1cccc2c1C(Oc1ccc3c(c1)c(-c1cnco1)nn3PI)CC2. The van der Waals surface area contributed by atoms with Crippen LogP contribution in [0.15, 0.2) is 53.4 Å². The highest BCUT2D eigenvalue weighted by molar-refractivity contribution is 14.2. The number of nitrogens with zero attached hydrogens (tertiary/aromatic N) is 4. The summed E-state index contributed by atoms with van der Waals surface area (Å²) in [7, 11) is 0. The number of halogens is 1. The van der Waals surface area contributed by atoms with E-state index in [1.165, 1.54) is 12.0 Å². The van der Waals surface area contributed by atoms with Crippen LogP contribution in [0.3, 0.4) is 0 Å². The number of rotatable bonds is 4. The summed E-state index contributed by atoms with van der Waals surface area (Å²) in [5.74, 6) is 1.39. The normalized spacial score (nSPS) is 15.9. The van der Waals surface area contributed by atoms with Crippen molar-refractivity contribution < 1.29 is 9.15 Å². The molecule has 5 rings (SSSR count). The zero-order valence-electron chi connectivity index (χ0n) is 14.6. The van der Waals surface area contributed by atoms with E-state index in [4.69, 9.17) is 9.15 Å². The van der Waals surface area contributed by atoms with E-state index in [1.54, 1.807) is 6.20 Å². The molecule has 4 aromatic rings. The molecule has 0 radical (unpaired) electrons. The lowest BCUT2D eigenvalue weighted by Crippen LogP contribution is -2.05. The number of aryl methyl sites for hydroxylation is 1. The van der Waals surface area contributed by atoms with Crippen molar-refractivity contribution in [1.82, 2.24) is 14.5 Å². The van der Waals surface area contributed by atoms with Gasteiger partial charge in [-0.1, -0.05) is 12.1 Å². The van der Waals surface area contributed by atoms with Gasteiger partial charge in [0.2, 0.25) is 0 Å². The van der Waals surface area contributed by atoms with E-state index >= 15 is 0 Å². The Morgan fingerprint density at radius 1 is 1.32 bits per heavy atom. The fraction of sp³-hybridized carbons (Fsp3) is 0.150. The first kappa shape index (κ1) is 17.7. The molecule has 0 amide bonds. The van der Waals surface area contributed by atoms with Crippen molar-refractivity contribution in [2.24, 2.45) is 0 Å². The Kier molecular flexibility index (Phi) is 4.53. The molecule has 28 heavy (non-hydrogen) atoms. The number of oxazole rings is 1. The van der Waals surface area contributed by atoms with E-state index in [-0.39, 0.29) is 6.10 Å². The molecular weight excluding hydrogens is 486 g/mol. The average Bonchev–Trinajstić information content (AvgIpc) is 3.46. The van der Waals surface area contributed by atoms with Crippen LogP contribution < -0.4 is 4.74 Å². The minimum Gasteiger partial charge on any atom is -0.486 e. The third kappa shape index (κ3) is 2.88. The number of hydrogen-bond acceptors (Lipinski definition) is 5. The summed E-state index contributed by atoms with van der Waals surface area (Å²) < 4.78 is 13.8. The first-order valence-corrected chi connectivity index (χ1v) is 12.8. The molecule has 0 saturated carbocycles. The standard InChI is InChI=1S/C20H14IN4O2P/c21-28-25-16-6-5-14(8-15(16)20(24-25)18-10-23-11-26-18)27-17-7-4-12-2-1-3-13(9-22)19(12)17/h1-3,5-6,8,10-11,17,28H,4,7H2. The van der Waals surface area contributed by atoms with Crippen molar-refractivity contribution in [2.75, 3.05) is 0 Å². The highest BCUT2D eigenvalue weighted by atomic mass is 127. The maximum atomic E-state index is 9.47. The molecule has 1 aliphatic carbocycles. The topological polar surface area (TPSA) is 76.9 Å². The predicted octanol–water partition coefficient (Wildman–Crippen LogP) is 5.42. The molecule has 0 saturated heterocycles. The summed E-state index contributed by atoms with van der Waals surface area (Å²) in [5.41, 5.74) is 4.70. The van der Waals surface area contributed by atoms with Crippen LogP contribution in [0.1, 0.15) is 29.2 Å². The van der Waals surface area contributed by atoms with E-state index in [9.17, 15) is 5.26 Å². The summed E-state index contributed by atoms with van der Waals surface area (Å²) >= 11 is 2.31. The molecule has 0 spiro atoms. The van der Waals surface area contributed by atoms with Gasteiger partial charge in [0, 0.05) is 10.9 Å². The summed E-state index contributed by atoms with van der Waals surface area (Å²) in [6, 6.07) is 14.2. The van der Waals surface area contributed by atoms with Gasteiger partial charge in [-0.25, -0.2) is 9.44 Å². The molecule has 0 fully saturated rings. The Bertz CT molecular complexity index is 1210. The van der Waals surface area contributed by atoms with Gasteiger partial charge in [0.15, 0.2) is 12.2 Å². The highest BCUT2D eigenvalue weighted by Crippen LogP contribution is 2.40. The molecule has 1 aliphatic rings. The fourth-order valence-electron chi connectivity index (χ4n) is 3.77. The van der Waals surface area contributed by atoms with Crippen LogP contribution in [0.5, 0.6) is 5.75 Å². The van der Waals surface area contributed by atoms with Gasteiger partial charge in [0.25, 0.3) is 0 Å². The quantitative estimate of drug-likeness (QED) is 0.276. The molecule has 0 bridgehead atoms. The molecule has 0 N–H and O–H groups in total. The lowest BCUT2D eigenvalue weighted by Gasteiger charge is -2.16. The summed E-state index contributed by atoms with van der Waals surface area (Å²) in [4.78, 5) is 4.01. The minimum absolute atomic E-state index is 0.112. The van der Waals surface area contributed by atoms with Crippen molar-refractivity contribution in [3.8, 4) is 23.3 Å². The number of ether oxygens (including phenoxy) is 1. The van der Waals surface area contributed by atoms with Crippen LogP contribution in [-0.2, 0) is 6.42 Å². The van der Waals surface area contributed by atoms with Crippen LogP contribution >= 0.6 is 28.4 Å². The monoisotopic (exact) mass is 500 g/mol. The molecule has 2 atom stereocenters. The molecular formula is C20H14IN4O2P. The molecule has 138 valence electrons. The first-order chi connectivity index (χ1) is 13.8. The van der Waals surface area contributed by atoms with Crippen molar-refractivity contribution in [2.45, 2.75) is 18.9 Å².